The zero-order valence-electron chi connectivity index (χ0n) is 17.0. The number of benzene rings is 3. The first kappa shape index (κ1) is 26.2. The second-order valence-corrected chi connectivity index (χ2v) is 8.28. The van der Waals surface area contributed by atoms with Gasteiger partial charge in [-0.05, 0) is 36.4 Å². The summed E-state index contributed by atoms with van der Waals surface area (Å²) in [5.41, 5.74) is -7.28. The summed E-state index contributed by atoms with van der Waals surface area (Å²) in [6.07, 6.45) is -5.42. The molecular weight excluding hydrogens is 537 g/mol. The normalized spacial score (nSPS) is 13.0. The van der Waals surface area contributed by atoms with Crippen molar-refractivity contribution in [2.24, 2.45) is 0 Å². The molecule has 0 fully saturated rings. The van der Waals surface area contributed by atoms with Crippen molar-refractivity contribution in [1.29, 1.82) is 5.26 Å². The second kappa shape index (κ2) is 9.70. The minimum absolute atomic E-state index is 0.0930. The van der Waals surface area contributed by atoms with Crippen LogP contribution in [0.25, 0.3) is 0 Å². The molecule has 0 saturated heterocycles. The minimum Gasteiger partial charge on any atom is -0.319 e. The highest BCUT2D eigenvalue weighted by molar-refractivity contribution is 6.40. The monoisotopic (exact) mass is 545 g/mol. The highest BCUT2D eigenvalue weighted by Crippen LogP contribution is 2.50. The van der Waals surface area contributed by atoms with E-state index in [-0.39, 0.29) is 21.8 Å². The number of halogens is 7. The molecule has 0 aliphatic carbocycles. The largest absolute Gasteiger partial charge is 0.431 e. The summed E-state index contributed by atoms with van der Waals surface area (Å²) in [5, 5.41) is 21.3. The Balaban J connectivity index is 2.03. The van der Waals surface area contributed by atoms with Gasteiger partial charge in [-0.2, -0.15) is 18.4 Å². The predicted octanol–water partition coefficient (Wildman–Crippen LogP) is 7.45. The van der Waals surface area contributed by atoms with E-state index in [0.29, 0.717) is 12.1 Å². The number of carbonyl (C=O) groups excluding carboxylic acids is 1. The zero-order chi connectivity index (χ0) is 26.1. The van der Waals surface area contributed by atoms with Gasteiger partial charge in [0.2, 0.25) is 0 Å². The van der Waals surface area contributed by atoms with E-state index in [1.807, 2.05) is 0 Å². The molecule has 1 N–H and O–H groups in total. The Labute approximate surface area is 209 Å². The fourth-order valence-electron chi connectivity index (χ4n) is 3.17. The van der Waals surface area contributed by atoms with Crippen molar-refractivity contribution in [2.45, 2.75) is 11.8 Å². The van der Waals surface area contributed by atoms with E-state index in [1.54, 1.807) is 6.07 Å². The Morgan fingerprint density at radius 3 is 2.00 bits per heavy atom. The average molecular weight is 547 g/mol. The lowest BCUT2D eigenvalue weighted by atomic mass is 9.87. The van der Waals surface area contributed by atoms with Crippen LogP contribution in [0, 0.1) is 21.4 Å². The van der Waals surface area contributed by atoms with Crippen molar-refractivity contribution in [2.75, 3.05) is 5.32 Å². The molecule has 180 valence electrons. The predicted molar refractivity (Wildman–Crippen MR) is 122 cm³/mol. The van der Waals surface area contributed by atoms with Crippen LogP contribution in [0.5, 0.6) is 0 Å². The smallest absolute Gasteiger partial charge is 0.319 e. The van der Waals surface area contributed by atoms with Crippen LogP contribution in [0.15, 0.2) is 54.6 Å². The van der Waals surface area contributed by atoms with Crippen molar-refractivity contribution in [3.8, 4) is 6.07 Å². The third-order valence-electron chi connectivity index (χ3n) is 4.89. The number of rotatable bonds is 5. The van der Waals surface area contributed by atoms with Crippen molar-refractivity contribution >= 4 is 52.1 Å². The van der Waals surface area contributed by atoms with Crippen molar-refractivity contribution in [3.63, 3.8) is 0 Å². The number of anilines is 1. The lowest BCUT2D eigenvalue weighted by Crippen LogP contribution is -2.39. The molecule has 6 nitrogen and oxygen atoms in total. The lowest BCUT2D eigenvalue weighted by Gasteiger charge is -2.29. The first-order chi connectivity index (χ1) is 16.3. The maximum atomic E-state index is 15.6. The number of nitrogens with one attached hydrogen (secondary N) is 1. The number of amides is 1. The Bertz CT molecular complexity index is 1350. The summed E-state index contributed by atoms with van der Waals surface area (Å²) in [4.78, 5) is 22.8. The highest BCUT2D eigenvalue weighted by atomic mass is 35.5. The molecule has 1 atom stereocenters. The molecule has 0 aromatic heterocycles. The number of carbonyl (C=O) groups is 1. The number of nitriles is 1. The number of nitro benzene ring substituents is 1. The topological polar surface area (TPSA) is 96.0 Å². The SMILES string of the molecule is N#Cc1ccc(C(=O)Nc2c(Cl)cc(C(F)(c3ccc(Cl)cc3)C(F)(F)F)cc2Cl)cc1[N+](=O)[O-]. The maximum absolute atomic E-state index is 15.6. The van der Waals surface area contributed by atoms with E-state index in [1.165, 1.54) is 0 Å². The molecule has 3 aromatic rings. The lowest BCUT2D eigenvalue weighted by molar-refractivity contribution is -0.385. The van der Waals surface area contributed by atoms with Gasteiger partial charge in [0.05, 0.1) is 20.7 Å². The van der Waals surface area contributed by atoms with Gasteiger partial charge in [-0.1, -0.05) is 46.9 Å². The maximum Gasteiger partial charge on any atom is 0.431 e. The molecule has 0 spiro atoms. The number of alkyl halides is 4. The van der Waals surface area contributed by atoms with Gasteiger partial charge in [0.1, 0.15) is 11.6 Å². The zero-order valence-corrected chi connectivity index (χ0v) is 19.2. The van der Waals surface area contributed by atoms with Crippen LogP contribution in [-0.4, -0.2) is 17.0 Å². The van der Waals surface area contributed by atoms with Crippen LogP contribution in [-0.2, 0) is 5.67 Å². The third kappa shape index (κ3) is 5.03. The third-order valence-corrected chi connectivity index (χ3v) is 5.74. The molecule has 0 aliphatic rings. The second-order valence-electron chi connectivity index (χ2n) is 7.03. The van der Waals surface area contributed by atoms with Gasteiger partial charge < -0.3 is 5.32 Å². The summed E-state index contributed by atoms with van der Waals surface area (Å²) >= 11 is 17.8. The molecule has 3 aromatic carbocycles. The number of nitro groups is 1. The van der Waals surface area contributed by atoms with E-state index in [4.69, 9.17) is 40.1 Å². The van der Waals surface area contributed by atoms with Gasteiger partial charge >= 0.3 is 6.18 Å². The van der Waals surface area contributed by atoms with Crippen LogP contribution in [0.2, 0.25) is 15.1 Å². The van der Waals surface area contributed by atoms with Crippen LogP contribution in [0.1, 0.15) is 27.0 Å². The summed E-state index contributed by atoms with van der Waals surface area (Å²) in [6.45, 7) is 0. The van der Waals surface area contributed by atoms with Gasteiger partial charge in [0.15, 0.2) is 0 Å². The molecule has 0 saturated carbocycles. The van der Waals surface area contributed by atoms with Crippen molar-refractivity contribution in [1.82, 2.24) is 0 Å². The fourth-order valence-corrected chi connectivity index (χ4v) is 3.88. The van der Waals surface area contributed by atoms with Gasteiger partial charge in [-0.3, -0.25) is 14.9 Å². The number of hydrogen-bond acceptors (Lipinski definition) is 4. The van der Waals surface area contributed by atoms with E-state index in [9.17, 15) is 28.1 Å². The summed E-state index contributed by atoms with van der Waals surface area (Å²) in [6, 6.07) is 9.84. The molecular formula is C22H10Cl3F4N3O3. The molecule has 0 radical (unpaired) electrons. The molecule has 35 heavy (non-hydrogen) atoms. The summed E-state index contributed by atoms with van der Waals surface area (Å²) in [7, 11) is 0. The Morgan fingerprint density at radius 2 is 1.51 bits per heavy atom. The molecule has 1 amide bonds. The van der Waals surface area contributed by atoms with Crippen LogP contribution in [0.3, 0.4) is 0 Å². The molecule has 1 unspecified atom stereocenters. The van der Waals surface area contributed by atoms with Gasteiger partial charge in [-0.25, -0.2) is 4.39 Å². The van der Waals surface area contributed by atoms with Crippen LogP contribution in [0.4, 0.5) is 28.9 Å². The first-order valence-electron chi connectivity index (χ1n) is 9.30. The molecule has 3 rings (SSSR count). The fraction of sp³-hybridized carbons (Fsp3) is 0.0909. The Kier molecular flexibility index (Phi) is 7.26. The van der Waals surface area contributed by atoms with Crippen LogP contribution >= 0.6 is 34.8 Å². The van der Waals surface area contributed by atoms with E-state index in [0.717, 1.165) is 42.5 Å². The number of hydrogen-bond donors (Lipinski definition) is 1. The molecule has 0 bridgehead atoms. The highest BCUT2D eigenvalue weighted by Gasteiger charge is 2.58. The van der Waals surface area contributed by atoms with Gasteiger partial charge in [0.25, 0.3) is 17.3 Å². The quantitative estimate of drug-likeness (QED) is 0.204. The summed E-state index contributed by atoms with van der Waals surface area (Å²) < 4.78 is 57.3. The molecule has 13 heteroatoms. The number of nitrogens with zero attached hydrogens (tertiary/aromatic N) is 2. The molecule has 0 aliphatic heterocycles. The van der Waals surface area contributed by atoms with E-state index < -0.39 is 49.5 Å². The van der Waals surface area contributed by atoms with Gasteiger partial charge in [-0.15, -0.1) is 0 Å². The Hall–Kier alpha value is -3.39. The van der Waals surface area contributed by atoms with E-state index in [2.05, 4.69) is 5.32 Å². The van der Waals surface area contributed by atoms with Crippen molar-refractivity contribution < 1.29 is 27.3 Å². The average Bonchev–Trinajstić information content (AvgIpc) is 2.79. The molecule has 0 heterocycles. The van der Waals surface area contributed by atoms with Crippen molar-refractivity contribution in [3.05, 3.63) is 102 Å². The minimum atomic E-state index is -5.42. The summed E-state index contributed by atoms with van der Waals surface area (Å²) in [5.74, 6) is -0.964. The van der Waals surface area contributed by atoms with Crippen LogP contribution < -0.4 is 5.32 Å². The van der Waals surface area contributed by atoms with E-state index >= 15 is 4.39 Å². The standard InChI is InChI=1S/C22H10Cl3F4N3O3/c23-15-5-3-13(4-6-15)21(26,22(27,28)29)14-8-16(24)19(17(25)9-14)31-20(33)11-1-2-12(10-30)18(7-11)32(34)35/h1-9H,(H,31,33). The Morgan fingerprint density at radius 1 is 0.943 bits per heavy atom. The first-order valence-corrected chi connectivity index (χ1v) is 10.4. The van der Waals surface area contributed by atoms with Gasteiger partial charge in [0, 0.05) is 27.8 Å².